The molecule has 0 radical (unpaired) electrons. The third-order valence-electron chi connectivity index (χ3n) is 0.977. The Morgan fingerprint density at radius 2 is 1.78 bits per heavy atom. The van der Waals surface area contributed by atoms with Crippen molar-refractivity contribution in [2.45, 2.75) is 0 Å². The van der Waals surface area contributed by atoms with Gasteiger partial charge in [0.15, 0.2) is 0 Å². The summed E-state index contributed by atoms with van der Waals surface area (Å²) in [5.74, 6) is 0. The summed E-state index contributed by atoms with van der Waals surface area (Å²) in [6, 6.07) is 8.17. The van der Waals surface area contributed by atoms with Gasteiger partial charge in [-0.25, -0.2) is 0 Å². The summed E-state index contributed by atoms with van der Waals surface area (Å²) in [5.41, 5.74) is 0.248. The lowest BCUT2D eigenvalue weighted by Gasteiger charge is -2.20. The van der Waals surface area contributed by atoms with Crippen LogP contribution in [0.3, 0.4) is 0 Å². The minimum atomic E-state index is -0.167. The van der Waals surface area contributed by atoms with E-state index in [4.69, 9.17) is 5.21 Å². The Labute approximate surface area is 52.7 Å². The molecule has 1 aromatic rings. The molecule has 0 amide bonds. The maximum absolute atomic E-state index is 10.1. The largest absolute Gasteiger partial charge is 0.733 e. The highest BCUT2D eigenvalue weighted by molar-refractivity contribution is 5.43. The Bertz CT molecular complexity index is 174. The summed E-state index contributed by atoms with van der Waals surface area (Å²) in [6.45, 7) is 0. The Morgan fingerprint density at radius 1 is 1.22 bits per heavy atom. The Hall–Kier alpha value is -1.06. The van der Waals surface area contributed by atoms with Crippen molar-refractivity contribution >= 4 is 5.69 Å². The van der Waals surface area contributed by atoms with E-state index in [1.54, 1.807) is 18.2 Å². The van der Waals surface area contributed by atoms with Crippen molar-refractivity contribution in [3.8, 4) is 0 Å². The molecule has 0 heterocycles. The van der Waals surface area contributed by atoms with E-state index in [1.807, 2.05) is 0 Å². The second kappa shape index (κ2) is 2.48. The van der Waals surface area contributed by atoms with Gasteiger partial charge in [0.2, 0.25) is 0 Å². The van der Waals surface area contributed by atoms with Crippen molar-refractivity contribution in [1.29, 1.82) is 0 Å². The van der Waals surface area contributed by atoms with E-state index in [0.717, 1.165) is 0 Å². The molecule has 1 rings (SSSR count). The van der Waals surface area contributed by atoms with Crippen molar-refractivity contribution in [2.75, 3.05) is 5.23 Å². The molecule has 0 saturated heterocycles. The Morgan fingerprint density at radius 3 is 2.11 bits per heavy atom. The van der Waals surface area contributed by atoms with Crippen molar-refractivity contribution in [3.05, 3.63) is 35.5 Å². The first-order valence-corrected chi connectivity index (χ1v) is 2.52. The molecule has 3 nitrogen and oxygen atoms in total. The average molecular weight is 124 g/mol. The fraction of sp³-hybridized carbons (Fsp3) is 0. The highest BCUT2D eigenvalue weighted by Crippen LogP contribution is 2.07. The Kier molecular flexibility index (Phi) is 1.67. The van der Waals surface area contributed by atoms with Crippen molar-refractivity contribution in [1.82, 2.24) is 0 Å². The van der Waals surface area contributed by atoms with Crippen LogP contribution < -0.4 is 5.23 Å². The van der Waals surface area contributed by atoms with Gasteiger partial charge < -0.3 is 10.4 Å². The standard InChI is InChI=1S/C6H6NO2/c8-7(9)6-4-2-1-3-5-6/h1-5,8H/q-1. The first-order valence-electron chi connectivity index (χ1n) is 2.52. The summed E-state index contributed by atoms with van der Waals surface area (Å²) >= 11 is 0. The van der Waals surface area contributed by atoms with Crippen LogP contribution in [-0.2, 0) is 0 Å². The van der Waals surface area contributed by atoms with Gasteiger partial charge in [0.25, 0.3) is 0 Å². The van der Waals surface area contributed by atoms with Crippen LogP contribution in [0, 0.1) is 5.21 Å². The highest BCUT2D eigenvalue weighted by atomic mass is 16.8. The molecule has 0 atom stereocenters. The van der Waals surface area contributed by atoms with Gasteiger partial charge in [-0.3, -0.25) is 5.21 Å². The number of hydrogen-bond donors (Lipinski definition) is 1. The van der Waals surface area contributed by atoms with E-state index in [-0.39, 0.29) is 10.9 Å². The highest BCUT2D eigenvalue weighted by Gasteiger charge is 1.84. The zero-order chi connectivity index (χ0) is 6.69. The number of para-hydroxylation sites is 1. The van der Waals surface area contributed by atoms with E-state index in [0.29, 0.717) is 0 Å². The molecule has 0 aromatic heterocycles. The summed E-state index contributed by atoms with van der Waals surface area (Å²) in [4.78, 5) is 0. The molecule has 0 aliphatic rings. The topological polar surface area (TPSA) is 46.5 Å². The number of benzene rings is 1. The summed E-state index contributed by atoms with van der Waals surface area (Å²) in [5, 5.41) is 18.3. The van der Waals surface area contributed by atoms with Gasteiger partial charge in [-0.15, -0.1) is 0 Å². The fourth-order valence-electron chi connectivity index (χ4n) is 0.556. The maximum Gasteiger partial charge on any atom is 0.0508 e. The van der Waals surface area contributed by atoms with Gasteiger partial charge in [0.05, 0.1) is 5.69 Å². The summed E-state index contributed by atoms with van der Waals surface area (Å²) < 4.78 is 0. The monoisotopic (exact) mass is 124 g/mol. The molecular weight excluding hydrogens is 118 g/mol. The Balaban J connectivity index is 2.85. The van der Waals surface area contributed by atoms with Crippen molar-refractivity contribution < 1.29 is 5.21 Å². The molecule has 1 aromatic carbocycles. The van der Waals surface area contributed by atoms with Crippen LogP contribution in [0.15, 0.2) is 30.3 Å². The molecular formula is C6H6NO2-. The van der Waals surface area contributed by atoms with E-state index < -0.39 is 0 Å². The molecule has 0 aliphatic heterocycles. The van der Waals surface area contributed by atoms with E-state index >= 15 is 0 Å². The maximum atomic E-state index is 10.1. The van der Waals surface area contributed by atoms with Gasteiger partial charge in [-0.05, 0) is 12.1 Å². The van der Waals surface area contributed by atoms with Crippen molar-refractivity contribution in [2.24, 2.45) is 0 Å². The minimum absolute atomic E-state index is 0.167. The molecule has 3 heteroatoms. The first kappa shape index (κ1) is 6.07. The number of hydrogen-bond acceptors (Lipinski definition) is 3. The smallest absolute Gasteiger partial charge is 0.0508 e. The average Bonchev–Trinajstić information content (AvgIpc) is 1.90. The quantitative estimate of drug-likeness (QED) is 0.575. The zero-order valence-corrected chi connectivity index (χ0v) is 4.69. The normalized spacial score (nSPS) is 9.11. The van der Waals surface area contributed by atoms with Crippen LogP contribution in [0.1, 0.15) is 0 Å². The van der Waals surface area contributed by atoms with Gasteiger partial charge in [-0.2, -0.15) is 0 Å². The number of nitrogens with zero attached hydrogens (tertiary/aromatic N) is 1. The predicted molar refractivity (Wildman–Crippen MR) is 34.1 cm³/mol. The molecule has 0 saturated carbocycles. The van der Waals surface area contributed by atoms with Gasteiger partial charge in [0.1, 0.15) is 0 Å². The van der Waals surface area contributed by atoms with Gasteiger partial charge >= 0.3 is 0 Å². The summed E-state index contributed by atoms with van der Waals surface area (Å²) in [7, 11) is 0. The molecule has 0 bridgehead atoms. The van der Waals surface area contributed by atoms with Crippen LogP contribution in [-0.4, -0.2) is 5.21 Å². The van der Waals surface area contributed by atoms with Crippen molar-refractivity contribution in [3.63, 3.8) is 0 Å². The van der Waals surface area contributed by atoms with E-state index in [2.05, 4.69) is 0 Å². The fourth-order valence-corrected chi connectivity index (χ4v) is 0.556. The minimum Gasteiger partial charge on any atom is -0.733 e. The molecule has 1 N–H and O–H groups in total. The third kappa shape index (κ3) is 1.42. The molecule has 0 unspecified atom stereocenters. The SMILES string of the molecule is [O-]N(O)c1ccccc1. The van der Waals surface area contributed by atoms with Crippen LogP contribution in [0.2, 0.25) is 0 Å². The molecule has 48 valence electrons. The lowest BCUT2D eigenvalue weighted by molar-refractivity contribution is 0.296. The van der Waals surface area contributed by atoms with Gasteiger partial charge in [0, 0.05) is 0 Å². The van der Waals surface area contributed by atoms with Crippen LogP contribution >= 0.6 is 0 Å². The third-order valence-corrected chi connectivity index (χ3v) is 0.977. The second-order valence-corrected chi connectivity index (χ2v) is 1.61. The van der Waals surface area contributed by atoms with Crippen LogP contribution in [0.25, 0.3) is 0 Å². The zero-order valence-electron chi connectivity index (χ0n) is 4.69. The second-order valence-electron chi connectivity index (χ2n) is 1.61. The molecule has 0 spiro atoms. The van der Waals surface area contributed by atoms with E-state index in [9.17, 15) is 5.21 Å². The molecule has 0 fully saturated rings. The van der Waals surface area contributed by atoms with E-state index in [1.165, 1.54) is 12.1 Å². The molecule has 0 aliphatic carbocycles. The number of rotatable bonds is 1. The number of anilines is 1. The lowest BCUT2D eigenvalue weighted by atomic mass is 10.3. The molecule has 9 heavy (non-hydrogen) atoms. The summed E-state index contributed by atoms with van der Waals surface area (Å²) in [6.07, 6.45) is 0. The van der Waals surface area contributed by atoms with Gasteiger partial charge in [-0.1, -0.05) is 18.2 Å². The van der Waals surface area contributed by atoms with Crippen LogP contribution in [0.4, 0.5) is 5.69 Å². The first-order chi connectivity index (χ1) is 4.30. The van der Waals surface area contributed by atoms with Crippen LogP contribution in [0.5, 0.6) is 0 Å². The predicted octanol–water partition coefficient (Wildman–Crippen LogP) is 1.38. The lowest BCUT2D eigenvalue weighted by Crippen LogP contribution is -2.05.